The lowest BCUT2D eigenvalue weighted by Crippen LogP contribution is -2.37. The highest BCUT2D eigenvalue weighted by Gasteiger charge is 2.21. The molecule has 2 atom stereocenters. The third-order valence-electron chi connectivity index (χ3n) is 4.01. The zero-order chi connectivity index (χ0) is 18.0. The Kier molecular flexibility index (Phi) is 4.72. The number of amides is 1. The highest BCUT2D eigenvalue weighted by molar-refractivity contribution is 6.06. The molecular weight excluding hydrogens is 326 g/mol. The Morgan fingerprint density at radius 2 is 1.88 bits per heavy atom. The van der Waals surface area contributed by atoms with Crippen molar-refractivity contribution in [3.05, 3.63) is 77.5 Å². The minimum Gasteiger partial charge on any atom is -0.386 e. The van der Waals surface area contributed by atoms with Gasteiger partial charge in [-0.25, -0.2) is 8.78 Å². The molecule has 1 heterocycles. The Hall–Kier alpha value is -2.86. The van der Waals surface area contributed by atoms with Crippen LogP contribution >= 0.6 is 0 Å². The molecule has 0 aliphatic carbocycles. The molecule has 1 aromatic heterocycles. The summed E-state index contributed by atoms with van der Waals surface area (Å²) in [5.41, 5.74) is 1.30. The van der Waals surface area contributed by atoms with Gasteiger partial charge in [-0.1, -0.05) is 24.3 Å². The quantitative estimate of drug-likeness (QED) is 0.764. The second-order valence-electron chi connectivity index (χ2n) is 5.76. The number of fused-ring (bicyclic) bond motifs is 1. The maximum atomic E-state index is 13.3. The largest absolute Gasteiger partial charge is 0.386 e. The number of hydrogen-bond acceptors (Lipinski definition) is 3. The predicted octanol–water partition coefficient (Wildman–Crippen LogP) is 3.36. The van der Waals surface area contributed by atoms with Crippen LogP contribution in [0, 0.1) is 11.6 Å². The van der Waals surface area contributed by atoms with E-state index in [9.17, 15) is 18.7 Å². The van der Waals surface area contributed by atoms with Gasteiger partial charge in [-0.15, -0.1) is 0 Å². The number of aliphatic hydroxyl groups excluding tert-OH is 1. The van der Waals surface area contributed by atoms with Crippen molar-refractivity contribution in [2.45, 2.75) is 19.1 Å². The molecule has 4 nitrogen and oxygen atoms in total. The van der Waals surface area contributed by atoms with Crippen LogP contribution < -0.4 is 5.32 Å². The van der Waals surface area contributed by atoms with E-state index in [-0.39, 0.29) is 11.5 Å². The molecule has 2 aromatic carbocycles. The molecule has 3 rings (SSSR count). The number of para-hydroxylation sites is 1. The van der Waals surface area contributed by atoms with E-state index < -0.39 is 23.8 Å². The highest BCUT2D eigenvalue weighted by Crippen LogP contribution is 2.21. The first-order chi connectivity index (χ1) is 12.0. The summed E-state index contributed by atoms with van der Waals surface area (Å²) in [6.45, 7) is 1.59. The number of aliphatic hydroxyl groups is 1. The van der Waals surface area contributed by atoms with Crippen LogP contribution in [0.3, 0.4) is 0 Å². The van der Waals surface area contributed by atoms with E-state index in [1.165, 1.54) is 12.3 Å². The summed E-state index contributed by atoms with van der Waals surface area (Å²) in [4.78, 5) is 16.7. The van der Waals surface area contributed by atoms with Gasteiger partial charge in [0.05, 0.1) is 23.2 Å². The van der Waals surface area contributed by atoms with Crippen molar-refractivity contribution in [1.29, 1.82) is 0 Å². The number of aromatic nitrogens is 1. The lowest BCUT2D eigenvalue weighted by Gasteiger charge is -2.21. The molecule has 1 amide bonds. The van der Waals surface area contributed by atoms with Gasteiger partial charge in [0.15, 0.2) is 11.6 Å². The number of hydrogen-bond donors (Lipinski definition) is 2. The second kappa shape index (κ2) is 6.94. The van der Waals surface area contributed by atoms with E-state index in [1.807, 2.05) is 6.07 Å². The summed E-state index contributed by atoms with van der Waals surface area (Å²) in [6, 6.07) is 11.3. The molecule has 3 aromatic rings. The minimum absolute atomic E-state index is 0.186. The number of nitrogens with one attached hydrogen (secondary N) is 1. The Morgan fingerprint density at radius 1 is 1.12 bits per heavy atom. The van der Waals surface area contributed by atoms with E-state index in [0.717, 1.165) is 12.1 Å². The van der Waals surface area contributed by atoms with Gasteiger partial charge in [0.1, 0.15) is 0 Å². The lowest BCUT2D eigenvalue weighted by atomic mass is 10.0. The molecule has 25 heavy (non-hydrogen) atoms. The van der Waals surface area contributed by atoms with Gasteiger partial charge < -0.3 is 10.4 Å². The fraction of sp³-hybridized carbons (Fsp3) is 0.158. The van der Waals surface area contributed by atoms with Crippen molar-refractivity contribution < 1.29 is 18.7 Å². The molecule has 0 fully saturated rings. The van der Waals surface area contributed by atoms with Crippen LogP contribution in [0.2, 0.25) is 0 Å². The maximum absolute atomic E-state index is 13.3. The van der Waals surface area contributed by atoms with Crippen LogP contribution in [-0.4, -0.2) is 22.0 Å². The van der Waals surface area contributed by atoms with Gasteiger partial charge >= 0.3 is 0 Å². The van der Waals surface area contributed by atoms with E-state index >= 15 is 0 Å². The van der Waals surface area contributed by atoms with Crippen molar-refractivity contribution in [2.75, 3.05) is 0 Å². The third kappa shape index (κ3) is 3.49. The molecule has 0 radical (unpaired) electrons. The average molecular weight is 342 g/mol. The molecule has 0 spiro atoms. The summed E-state index contributed by atoms with van der Waals surface area (Å²) in [5, 5.41) is 13.7. The van der Waals surface area contributed by atoms with Crippen molar-refractivity contribution in [3.8, 4) is 0 Å². The van der Waals surface area contributed by atoms with E-state index in [2.05, 4.69) is 10.3 Å². The van der Waals surface area contributed by atoms with Crippen molar-refractivity contribution in [1.82, 2.24) is 10.3 Å². The first-order valence-corrected chi connectivity index (χ1v) is 7.75. The number of benzene rings is 2. The molecule has 2 unspecified atom stereocenters. The normalized spacial score (nSPS) is 13.4. The zero-order valence-corrected chi connectivity index (χ0v) is 13.4. The Morgan fingerprint density at radius 3 is 2.64 bits per heavy atom. The van der Waals surface area contributed by atoms with Crippen molar-refractivity contribution >= 4 is 16.8 Å². The molecule has 0 aliphatic heterocycles. The summed E-state index contributed by atoms with van der Waals surface area (Å²) >= 11 is 0. The highest BCUT2D eigenvalue weighted by atomic mass is 19.2. The molecular formula is C19H16F2N2O2. The first kappa shape index (κ1) is 17.0. The van der Waals surface area contributed by atoms with Crippen LogP contribution in [0.25, 0.3) is 10.9 Å². The number of rotatable bonds is 4. The fourth-order valence-electron chi connectivity index (χ4n) is 2.64. The maximum Gasteiger partial charge on any atom is 0.252 e. The zero-order valence-electron chi connectivity index (χ0n) is 13.4. The van der Waals surface area contributed by atoms with E-state index in [1.54, 1.807) is 31.2 Å². The summed E-state index contributed by atoms with van der Waals surface area (Å²) in [7, 11) is 0. The summed E-state index contributed by atoms with van der Waals surface area (Å²) < 4.78 is 26.3. The van der Waals surface area contributed by atoms with Crippen molar-refractivity contribution in [3.63, 3.8) is 0 Å². The molecule has 0 bridgehead atoms. The lowest BCUT2D eigenvalue weighted by molar-refractivity contribution is 0.0853. The molecule has 2 N–H and O–H groups in total. The van der Waals surface area contributed by atoms with E-state index in [0.29, 0.717) is 16.5 Å². The summed E-state index contributed by atoms with van der Waals surface area (Å²) in [6.07, 6.45) is 0.361. The molecule has 0 saturated carbocycles. The third-order valence-corrected chi connectivity index (χ3v) is 4.01. The summed E-state index contributed by atoms with van der Waals surface area (Å²) in [5.74, 6) is -2.42. The molecule has 0 aliphatic rings. The monoisotopic (exact) mass is 342 g/mol. The molecule has 128 valence electrons. The standard InChI is InChI=1S/C19H16F2N2O2/c1-11(18(24)12-6-7-15(20)16(21)10-12)23-19(25)14-8-9-22-17-5-3-2-4-13(14)17/h2-11,18,24H,1H3,(H,23,25). The Balaban J connectivity index is 1.80. The van der Waals surface area contributed by atoms with E-state index in [4.69, 9.17) is 0 Å². The first-order valence-electron chi connectivity index (χ1n) is 7.75. The molecule has 6 heteroatoms. The fourth-order valence-corrected chi connectivity index (χ4v) is 2.64. The second-order valence-corrected chi connectivity index (χ2v) is 5.76. The van der Waals surface area contributed by atoms with Gasteiger partial charge in [0, 0.05) is 11.6 Å². The van der Waals surface area contributed by atoms with Gasteiger partial charge in [-0.2, -0.15) is 0 Å². The SMILES string of the molecule is CC(NC(=O)c1ccnc2ccccc12)C(O)c1ccc(F)c(F)c1. The van der Waals surface area contributed by atoms with Crippen LogP contribution in [0.5, 0.6) is 0 Å². The Labute approximate surface area is 143 Å². The number of nitrogens with zero attached hydrogens (tertiary/aromatic N) is 1. The number of carbonyl (C=O) groups excluding carboxylic acids is 1. The van der Waals surface area contributed by atoms with Gasteiger partial charge in [0.25, 0.3) is 5.91 Å². The van der Waals surface area contributed by atoms with Gasteiger partial charge in [0.2, 0.25) is 0 Å². The Bertz CT molecular complexity index is 925. The number of pyridine rings is 1. The minimum atomic E-state index is -1.17. The van der Waals surface area contributed by atoms with Crippen LogP contribution in [0.1, 0.15) is 28.9 Å². The average Bonchev–Trinajstić information content (AvgIpc) is 2.62. The number of halogens is 2. The van der Waals surface area contributed by atoms with Crippen LogP contribution in [0.15, 0.2) is 54.7 Å². The number of carbonyl (C=O) groups is 1. The van der Waals surface area contributed by atoms with Gasteiger partial charge in [-0.3, -0.25) is 9.78 Å². The van der Waals surface area contributed by atoms with Crippen LogP contribution in [0.4, 0.5) is 8.78 Å². The van der Waals surface area contributed by atoms with Crippen LogP contribution in [-0.2, 0) is 0 Å². The predicted molar refractivity (Wildman–Crippen MR) is 90.0 cm³/mol. The molecule has 0 saturated heterocycles. The van der Waals surface area contributed by atoms with Gasteiger partial charge in [-0.05, 0) is 36.8 Å². The van der Waals surface area contributed by atoms with Crippen molar-refractivity contribution in [2.24, 2.45) is 0 Å². The topological polar surface area (TPSA) is 62.2 Å². The smallest absolute Gasteiger partial charge is 0.252 e.